The first-order valence-electron chi connectivity index (χ1n) is 7.69. The fourth-order valence-corrected chi connectivity index (χ4v) is 3.15. The SMILES string of the molecule is Cc1cc([N+](=O)[O-])ccc1N1CCOC(C)(c2ccccc2)C1. The Hall–Kier alpha value is -2.40. The van der Waals surface area contributed by atoms with Crippen molar-refractivity contribution in [3.05, 3.63) is 69.8 Å². The lowest BCUT2D eigenvalue weighted by atomic mass is 9.93. The number of benzene rings is 2. The summed E-state index contributed by atoms with van der Waals surface area (Å²) in [6, 6.07) is 15.2. The predicted molar refractivity (Wildman–Crippen MR) is 89.8 cm³/mol. The smallest absolute Gasteiger partial charge is 0.269 e. The third kappa shape index (κ3) is 3.05. The highest BCUT2D eigenvalue weighted by Gasteiger charge is 2.34. The molecule has 0 bridgehead atoms. The minimum absolute atomic E-state index is 0.130. The van der Waals surface area contributed by atoms with Gasteiger partial charge in [-0.2, -0.15) is 0 Å². The van der Waals surface area contributed by atoms with Crippen LogP contribution in [0.2, 0.25) is 0 Å². The van der Waals surface area contributed by atoms with Crippen LogP contribution in [-0.2, 0) is 10.3 Å². The largest absolute Gasteiger partial charge is 0.367 e. The first kappa shape index (κ1) is 15.5. The summed E-state index contributed by atoms with van der Waals surface area (Å²) in [7, 11) is 0. The molecule has 0 amide bonds. The van der Waals surface area contributed by atoms with E-state index in [-0.39, 0.29) is 16.2 Å². The monoisotopic (exact) mass is 312 g/mol. The standard InChI is InChI=1S/C18H20N2O3/c1-14-12-16(20(21)22)8-9-17(14)19-10-11-23-18(2,13-19)15-6-4-3-5-7-15/h3-9,12H,10-11,13H2,1-2H3. The van der Waals surface area contributed by atoms with Crippen LogP contribution in [0.15, 0.2) is 48.5 Å². The third-order valence-electron chi connectivity index (χ3n) is 4.39. The van der Waals surface area contributed by atoms with Crippen LogP contribution in [0, 0.1) is 17.0 Å². The van der Waals surface area contributed by atoms with Gasteiger partial charge in [-0.3, -0.25) is 10.1 Å². The van der Waals surface area contributed by atoms with E-state index >= 15 is 0 Å². The lowest BCUT2D eigenvalue weighted by Crippen LogP contribution is -2.48. The molecule has 3 rings (SSSR count). The van der Waals surface area contributed by atoms with E-state index in [2.05, 4.69) is 24.0 Å². The molecule has 1 atom stereocenters. The van der Waals surface area contributed by atoms with Crippen LogP contribution in [0.3, 0.4) is 0 Å². The van der Waals surface area contributed by atoms with Crippen LogP contribution in [-0.4, -0.2) is 24.6 Å². The molecule has 0 aromatic heterocycles. The predicted octanol–water partition coefficient (Wildman–Crippen LogP) is 3.66. The number of ether oxygens (including phenoxy) is 1. The second-order valence-electron chi connectivity index (χ2n) is 6.09. The van der Waals surface area contributed by atoms with E-state index in [1.807, 2.05) is 31.2 Å². The number of nitro benzene ring substituents is 1. The highest BCUT2D eigenvalue weighted by Crippen LogP contribution is 2.33. The summed E-state index contributed by atoms with van der Waals surface area (Å²) >= 11 is 0. The molecule has 0 saturated carbocycles. The van der Waals surface area contributed by atoms with Crippen molar-refractivity contribution in [3.8, 4) is 0 Å². The zero-order chi connectivity index (χ0) is 16.4. The quantitative estimate of drug-likeness (QED) is 0.641. The van der Waals surface area contributed by atoms with E-state index in [0.29, 0.717) is 6.61 Å². The number of nitro groups is 1. The molecule has 120 valence electrons. The van der Waals surface area contributed by atoms with Gasteiger partial charge < -0.3 is 9.64 Å². The Morgan fingerprint density at radius 2 is 1.96 bits per heavy atom. The summed E-state index contributed by atoms with van der Waals surface area (Å²) in [5, 5.41) is 10.9. The Morgan fingerprint density at radius 3 is 2.61 bits per heavy atom. The van der Waals surface area contributed by atoms with E-state index in [1.54, 1.807) is 12.1 Å². The Kier molecular flexibility index (Phi) is 4.05. The van der Waals surface area contributed by atoms with E-state index in [1.165, 1.54) is 0 Å². The van der Waals surface area contributed by atoms with Gasteiger partial charge in [0.05, 0.1) is 18.1 Å². The van der Waals surface area contributed by atoms with Gasteiger partial charge in [0.1, 0.15) is 5.60 Å². The highest BCUT2D eigenvalue weighted by molar-refractivity contribution is 5.58. The Bertz CT molecular complexity index is 717. The van der Waals surface area contributed by atoms with Crippen molar-refractivity contribution in [2.45, 2.75) is 19.4 Å². The zero-order valence-electron chi connectivity index (χ0n) is 13.4. The molecule has 0 spiro atoms. The molecule has 5 nitrogen and oxygen atoms in total. The molecule has 1 aliphatic rings. The van der Waals surface area contributed by atoms with Crippen LogP contribution in [0.4, 0.5) is 11.4 Å². The fraction of sp³-hybridized carbons (Fsp3) is 0.333. The Balaban J connectivity index is 1.88. The molecule has 0 aliphatic carbocycles. The first-order valence-corrected chi connectivity index (χ1v) is 7.69. The van der Waals surface area contributed by atoms with E-state index < -0.39 is 0 Å². The lowest BCUT2D eigenvalue weighted by molar-refractivity contribution is -0.384. The minimum atomic E-state index is -0.381. The maximum Gasteiger partial charge on any atom is 0.269 e. The molecule has 0 N–H and O–H groups in total. The van der Waals surface area contributed by atoms with E-state index in [0.717, 1.165) is 29.9 Å². The van der Waals surface area contributed by atoms with E-state index in [4.69, 9.17) is 4.74 Å². The van der Waals surface area contributed by atoms with Crippen molar-refractivity contribution in [2.24, 2.45) is 0 Å². The molecule has 1 unspecified atom stereocenters. The lowest BCUT2D eigenvalue weighted by Gasteiger charge is -2.42. The second-order valence-corrected chi connectivity index (χ2v) is 6.09. The van der Waals surface area contributed by atoms with Gasteiger partial charge in [-0.15, -0.1) is 0 Å². The highest BCUT2D eigenvalue weighted by atomic mass is 16.6. The first-order chi connectivity index (χ1) is 11.0. The zero-order valence-corrected chi connectivity index (χ0v) is 13.4. The molecule has 0 radical (unpaired) electrons. The normalized spacial score (nSPS) is 21.2. The molecule has 23 heavy (non-hydrogen) atoms. The maximum absolute atomic E-state index is 10.9. The summed E-state index contributed by atoms with van der Waals surface area (Å²) < 4.78 is 6.06. The molecule has 5 heteroatoms. The number of non-ortho nitro benzene ring substituents is 1. The topological polar surface area (TPSA) is 55.6 Å². The molecular weight excluding hydrogens is 292 g/mol. The molecule has 1 fully saturated rings. The number of morpholine rings is 1. The minimum Gasteiger partial charge on any atom is -0.367 e. The van der Waals surface area contributed by atoms with Crippen molar-refractivity contribution in [1.29, 1.82) is 0 Å². The summed E-state index contributed by atoms with van der Waals surface area (Å²) in [4.78, 5) is 12.8. The van der Waals surface area contributed by atoms with Gasteiger partial charge >= 0.3 is 0 Å². The van der Waals surface area contributed by atoms with E-state index in [9.17, 15) is 10.1 Å². The van der Waals surface area contributed by atoms with Crippen LogP contribution < -0.4 is 4.90 Å². The molecule has 2 aromatic rings. The number of hydrogen-bond acceptors (Lipinski definition) is 4. The summed E-state index contributed by atoms with van der Waals surface area (Å²) in [6.45, 7) is 6.13. The fourth-order valence-electron chi connectivity index (χ4n) is 3.15. The summed E-state index contributed by atoms with van der Waals surface area (Å²) in [5.74, 6) is 0. The average Bonchev–Trinajstić information content (AvgIpc) is 2.55. The van der Waals surface area contributed by atoms with Crippen LogP contribution in [0.25, 0.3) is 0 Å². The molecule has 1 heterocycles. The van der Waals surface area contributed by atoms with Gasteiger partial charge in [0.25, 0.3) is 5.69 Å². The van der Waals surface area contributed by atoms with Crippen molar-refractivity contribution >= 4 is 11.4 Å². The molecule has 1 saturated heterocycles. The van der Waals surface area contributed by atoms with Crippen LogP contribution in [0.1, 0.15) is 18.1 Å². The van der Waals surface area contributed by atoms with Crippen molar-refractivity contribution in [1.82, 2.24) is 0 Å². The third-order valence-corrected chi connectivity index (χ3v) is 4.39. The van der Waals surface area contributed by atoms with Crippen molar-refractivity contribution in [3.63, 3.8) is 0 Å². The number of anilines is 1. The van der Waals surface area contributed by atoms with Gasteiger partial charge in [0.2, 0.25) is 0 Å². The van der Waals surface area contributed by atoms with Gasteiger partial charge in [-0.1, -0.05) is 30.3 Å². The molecule has 1 aliphatic heterocycles. The summed E-state index contributed by atoms with van der Waals surface area (Å²) in [5.41, 5.74) is 2.83. The maximum atomic E-state index is 10.9. The van der Waals surface area contributed by atoms with Crippen LogP contribution >= 0.6 is 0 Å². The molecule has 2 aromatic carbocycles. The Labute approximate surface area is 135 Å². The van der Waals surface area contributed by atoms with Crippen molar-refractivity contribution < 1.29 is 9.66 Å². The Morgan fingerprint density at radius 1 is 1.22 bits per heavy atom. The van der Waals surface area contributed by atoms with Gasteiger partial charge in [-0.05, 0) is 31.0 Å². The number of hydrogen-bond donors (Lipinski definition) is 0. The molecular formula is C18H20N2O3. The van der Waals surface area contributed by atoms with Crippen LogP contribution in [0.5, 0.6) is 0 Å². The summed E-state index contributed by atoms with van der Waals surface area (Å²) in [6.07, 6.45) is 0. The number of rotatable bonds is 3. The van der Waals surface area contributed by atoms with Gasteiger partial charge in [0, 0.05) is 24.4 Å². The average molecular weight is 312 g/mol. The van der Waals surface area contributed by atoms with Crippen molar-refractivity contribution in [2.75, 3.05) is 24.6 Å². The van der Waals surface area contributed by atoms with Gasteiger partial charge in [0.15, 0.2) is 0 Å². The number of aryl methyl sites for hydroxylation is 1. The second kappa shape index (κ2) is 6.01. The van der Waals surface area contributed by atoms with Gasteiger partial charge in [-0.25, -0.2) is 0 Å². The number of nitrogens with zero attached hydrogens (tertiary/aromatic N) is 2.